The highest BCUT2D eigenvalue weighted by Crippen LogP contribution is 2.60. The summed E-state index contributed by atoms with van der Waals surface area (Å²) < 4.78 is 5.22. The van der Waals surface area contributed by atoms with Crippen LogP contribution in [0.4, 0.5) is 0 Å². The van der Waals surface area contributed by atoms with Crippen molar-refractivity contribution in [3.63, 3.8) is 0 Å². The van der Waals surface area contributed by atoms with E-state index in [9.17, 15) is 9.59 Å². The molecule has 0 radical (unpaired) electrons. The van der Waals surface area contributed by atoms with Crippen molar-refractivity contribution in [2.24, 2.45) is 23.2 Å². The van der Waals surface area contributed by atoms with Gasteiger partial charge in [0.05, 0.1) is 7.11 Å². The minimum absolute atomic E-state index is 0.118. The Morgan fingerprint density at radius 3 is 2.15 bits per heavy atom. The van der Waals surface area contributed by atoms with Crippen LogP contribution in [-0.2, 0) is 16.0 Å². The lowest BCUT2D eigenvalue weighted by molar-refractivity contribution is -0.146. The maximum atomic E-state index is 13.1. The standard InChI is InChI=1S/C27H39N3O3/c1-33-24-4-2-20(3-5-24)7-9-29-10-12-30(13-11-29)25(31)6-8-28-26(32)27-17-21-14-22(18-27)16-23(15-21)19-27/h2-5,21-23H,6-19H2,1H3,(H,28,32). The average molecular weight is 454 g/mol. The number of methoxy groups -OCH3 is 1. The van der Waals surface area contributed by atoms with Gasteiger partial charge in [-0.1, -0.05) is 12.1 Å². The van der Waals surface area contributed by atoms with E-state index in [0.29, 0.717) is 13.0 Å². The van der Waals surface area contributed by atoms with Gasteiger partial charge in [0.1, 0.15) is 5.75 Å². The Morgan fingerprint density at radius 1 is 0.970 bits per heavy atom. The Bertz CT molecular complexity index is 809. The fourth-order valence-corrected chi connectivity index (χ4v) is 7.32. The van der Waals surface area contributed by atoms with Crippen LogP contribution >= 0.6 is 0 Å². The lowest BCUT2D eigenvalue weighted by atomic mass is 9.49. The van der Waals surface area contributed by atoms with E-state index in [1.165, 1.54) is 24.8 Å². The molecule has 4 bridgehead atoms. The zero-order valence-corrected chi connectivity index (χ0v) is 20.1. The van der Waals surface area contributed by atoms with Crippen LogP contribution in [0.1, 0.15) is 50.5 Å². The fraction of sp³-hybridized carbons (Fsp3) is 0.704. The van der Waals surface area contributed by atoms with E-state index in [4.69, 9.17) is 4.74 Å². The molecule has 1 N–H and O–H groups in total. The molecule has 5 aliphatic rings. The van der Waals surface area contributed by atoms with Crippen molar-refractivity contribution in [3.8, 4) is 5.75 Å². The van der Waals surface area contributed by atoms with E-state index < -0.39 is 0 Å². The van der Waals surface area contributed by atoms with Crippen LogP contribution in [0.15, 0.2) is 24.3 Å². The third kappa shape index (κ3) is 5.06. The number of ether oxygens (including phenoxy) is 1. The SMILES string of the molecule is COc1ccc(CCN2CCN(C(=O)CCNC(=O)C34CC5CC(CC(C5)C3)C4)CC2)cc1. The number of piperazine rings is 1. The van der Waals surface area contributed by atoms with Crippen LogP contribution in [0, 0.1) is 23.2 Å². The molecular formula is C27H39N3O3. The quantitative estimate of drug-likeness (QED) is 0.657. The number of hydrogen-bond donors (Lipinski definition) is 1. The predicted molar refractivity (Wildman–Crippen MR) is 128 cm³/mol. The first-order valence-electron chi connectivity index (χ1n) is 12.9. The summed E-state index contributed by atoms with van der Waals surface area (Å²) >= 11 is 0. The minimum Gasteiger partial charge on any atom is -0.497 e. The first-order valence-corrected chi connectivity index (χ1v) is 12.9. The molecule has 5 fully saturated rings. The molecule has 0 unspecified atom stereocenters. The Morgan fingerprint density at radius 2 is 1.58 bits per heavy atom. The summed E-state index contributed by atoms with van der Waals surface area (Å²) in [6.07, 6.45) is 8.70. The monoisotopic (exact) mass is 453 g/mol. The maximum absolute atomic E-state index is 13.1. The van der Waals surface area contributed by atoms with Crippen molar-refractivity contribution in [2.45, 2.75) is 51.4 Å². The number of carbonyl (C=O) groups is 2. The van der Waals surface area contributed by atoms with Gasteiger partial charge in [-0.3, -0.25) is 14.5 Å². The minimum atomic E-state index is -0.118. The van der Waals surface area contributed by atoms with Crippen molar-refractivity contribution in [3.05, 3.63) is 29.8 Å². The number of carbonyl (C=O) groups excluding carboxylic acids is 2. The summed E-state index contributed by atoms with van der Waals surface area (Å²) in [4.78, 5) is 30.2. The lowest BCUT2D eigenvalue weighted by Crippen LogP contribution is -2.54. The second kappa shape index (κ2) is 9.65. The van der Waals surface area contributed by atoms with E-state index in [1.54, 1.807) is 7.11 Å². The highest BCUT2D eigenvalue weighted by atomic mass is 16.5. The number of nitrogens with zero attached hydrogens (tertiary/aromatic N) is 2. The van der Waals surface area contributed by atoms with Gasteiger partial charge in [0.25, 0.3) is 0 Å². The topological polar surface area (TPSA) is 61.9 Å². The van der Waals surface area contributed by atoms with E-state index in [-0.39, 0.29) is 17.2 Å². The predicted octanol–water partition coefficient (Wildman–Crippen LogP) is 3.10. The molecule has 2 amide bonds. The molecule has 1 heterocycles. The van der Waals surface area contributed by atoms with Gasteiger partial charge < -0.3 is 15.0 Å². The molecule has 6 rings (SSSR count). The molecule has 1 aromatic carbocycles. The van der Waals surface area contributed by atoms with Crippen LogP contribution in [0.2, 0.25) is 0 Å². The molecule has 4 saturated carbocycles. The average Bonchev–Trinajstić information content (AvgIpc) is 2.82. The zero-order chi connectivity index (χ0) is 22.8. The number of amides is 2. The van der Waals surface area contributed by atoms with Gasteiger partial charge in [0.2, 0.25) is 11.8 Å². The molecule has 0 atom stereocenters. The van der Waals surface area contributed by atoms with Gasteiger partial charge in [-0.05, 0) is 80.4 Å². The van der Waals surface area contributed by atoms with Gasteiger partial charge in [0, 0.05) is 51.1 Å². The molecule has 1 aliphatic heterocycles. The Hall–Kier alpha value is -2.08. The summed E-state index contributed by atoms with van der Waals surface area (Å²) in [5.74, 6) is 3.60. The van der Waals surface area contributed by atoms with Gasteiger partial charge >= 0.3 is 0 Å². The smallest absolute Gasteiger partial charge is 0.226 e. The molecule has 6 nitrogen and oxygen atoms in total. The van der Waals surface area contributed by atoms with Crippen LogP contribution < -0.4 is 10.1 Å². The third-order valence-electron chi connectivity index (χ3n) is 8.75. The van der Waals surface area contributed by atoms with Gasteiger partial charge in [-0.25, -0.2) is 0 Å². The Labute approximate surface area is 198 Å². The normalized spacial score (nSPS) is 30.9. The van der Waals surface area contributed by atoms with Crippen LogP contribution in [-0.4, -0.2) is 68.0 Å². The molecule has 6 heteroatoms. The number of benzene rings is 1. The summed E-state index contributed by atoms with van der Waals surface area (Å²) in [7, 11) is 1.69. The van der Waals surface area contributed by atoms with E-state index in [2.05, 4.69) is 22.3 Å². The number of rotatable bonds is 8. The van der Waals surface area contributed by atoms with Crippen LogP contribution in [0.25, 0.3) is 0 Å². The molecule has 1 saturated heterocycles. The first kappa shape index (κ1) is 22.7. The molecule has 1 aromatic rings. The second-order valence-corrected chi connectivity index (χ2v) is 11.0. The van der Waals surface area contributed by atoms with Crippen LogP contribution in [0.3, 0.4) is 0 Å². The Balaban J connectivity index is 1.01. The van der Waals surface area contributed by atoms with E-state index >= 15 is 0 Å². The van der Waals surface area contributed by atoms with Gasteiger partial charge in [0.15, 0.2) is 0 Å². The molecule has 0 aromatic heterocycles. The maximum Gasteiger partial charge on any atom is 0.226 e. The second-order valence-electron chi connectivity index (χ2n) is 11.0. The molecule has 180 valence electrons. The summed E-state index contributed by atoms with van der Waals surface area (Å²) in [6.45, 7) is 4.89. The number of hydrogen-bond acceptors (Lipinski definition) is 4. The summed E-state index contributed by atoms with van der Waals surface area (Å²) in [6, 6.07) is 8.26. The van der Waals surface area contributed by atoms with Crippen molar-refractivity contribution in [2.75, 3.05) is 46.4 Å². The number of nitrogens with one attached hydrogen (secondary N) is 1. The van der Waals surface area contributed by atoms with E-state index in [1.807, 2.05) is 17.0 Å². The van der Waals surface area contributed by atoms with Gasteiger partial charge in [-0.15, -0.1) is 0 Å². The molecule has 33 heavy (non-hydrogen) atoms. The fourth-order valence-electron chi connectivity index (χ4n) is 7.32. The lowest BCUT2D eigenvalue weighted by Gasteiger charge is -2.55. The highest BCUT2D eigenvalue weighted by molar-refractivity contribution is 5.84. The Kier molecular flexibility index (Phi) is 6.64. The van der Waals surface area contributed by atoms with Gasteiger partial charge in [-0.2, -0.15) is 0 Å². The van der Waals surface area contributed by atoms with Crippen molar-refractivity contribution in [1.82, 2.24) is 15.1 Å². The largest absolute Gasteiger partial charge is 0.497 e. The molecule has 0 spiro atoms. The third-order valence-corrected chi connectivity index (χ3v) is 8.75. The molecular weight excluding hydrogens is 414 g/mol. The summed E-state index contributed by atoms with van der Waals surface area (Å²) in [5.41, 5.74) is 1.19. The van der Waals surface area contributed by atoms with E-state index in [0.717, 1.165) is 81.9 Å². The highest BCUT2D eigenvalue weighted by Gasteiger charge is 2.54. The first-order chi connectivity index (χ1) is 16.0. The zero-order valence-electron chi connectivity index (χ0n) is 20.1. The summed E-state index contributed by atoms with van der Waals surface area (Å²) in [5, 5.41) is 3.16. The molecule has 4 aliphatic carbocycles. The van der Waals surface area contributed by atoms with Crippen molar-refractivity contribution < 1.29 is 14.3 Å². The van der Waals surface area contributed by atoms with Crippen LogP contribution in [0.5, 0.6) is 5.75 Å². The van der Waals surface area contributed by atoms with Crippen molar-refractivity contribution >= 4 is 11.8 Å². The van der Waals surface area contributed by atoms with Crippen molar-refractivity contribution in [1.29, 1.82) is 0 Å².